The number of rotatable bonds is 2. The maximum absolute atomic E-state index is 5.81. The van der Waals surface area contributed by atoms with Gasteiger partial charge < -0.3 is 14.4 Å². The molecule has 2 fully saturated rings. The van der Waals surface area contributed by atoms with Crippen molar-refractivity contribution in [1.82, 2.24) is 4.98 Å². The Balaban J connectivity index is 1.49. The average molecular weight is 304 g/mol. The van der Waals surface area contributed by atoms with E-state index in [1.54, 1.807) is 11.3 Å². The molecule has 0 atom stereocenters. The van der Waals surface area contributed by atoms with Gasteiger partial charge in [0.2, 0.25) is 0 Å². The molecular formula is C16H20N2O2S. The van der Waals surface area contributed by atoms with E-state index in [1.165, 1.54) is 4.70 Å². The van der Waals surface area contributed by atoms with E-state index >= 15 is 0 Å². The van der Waals surface area contributed by atoms with E-state index < -0.39 is 0 Å². The van der Waals surface area contributed by atoms with Crippen molar-refractivity contribution in [1.29, 1.82) is 0 Å². The first-order valence-corrected chi connectivity index (χ1v) is 8.44. The number of thiazole rings is 1. The van der Waals surface area contributed by atoms with Crippen molar-refractivity contribution >= 4 is 26.7 Å². The van der Waals surface area contributed by atoms with Gasteiger partial charge in [-0.05, 0) is 25.0 Å². The summed E-state index contributed by atoms with van der Waals surface area (Å²) in [7, 11) is 2.16. The average Bonchev–Trinajstić information content (AvgIpc) is 3.14. The van der Waals surface area contributed by atoms with Gasteiger partial charge >= 0.3 is 0 Å². The van der Waals surface area contributed by atoms with Crippen molar-refractivity contribution in [2.24, 2.45) is 0 Å². The lowest BCUT2D eigenvalue weighted by molar-refractivity contribution is -0.178. The molecule has 4 nitrogen and oxygen atoms in total. The fourth-order valence-corrected chi connectivity index (χ4v) is 4.38. The van der Waals surface area contributed by atoms with Crippen LogP contribution in [0, 0.1) is 0 Å². The Morgan fingerprint density at radius 3 is 2.62 bits per heavy atom. The zero-order valence-corrected chi connectivity index (χ0v) is 13.1. The van der Waals surface area contributed by atoms with Crippen molar-refractivity contribution in [3.8, 4) is 0 Å². The van der Waals surface area contributed by atoms with E-state index in [4.69, 9.17) is 14.5 Å². The van der Waals surface area contributed by atoms with Crippen LogP contribution in [0.1, 0.15) is 25.7 Å². The molecule has 0 radical (unpaired) electrons. The van der Waals surface area contributed by atoms with Crippen LogP contribution in [-0.4, -0.2) is 37.1 Å². The number of nitrogens with zero attached hydrogens (tertiary/aromatic N) is 2. The fourth-order valence-electron chi connectivity index (χ4n) is 3.38. The van der Waals surface area contributed by atoms with Crippen molar-refractivity contribution in [2.75, 3.05) is 25.2 Å². The monoisotopic (exact) mass is 304 g/mol. The first kappa shape index (κ1) is 13.5. The summed E-state index contributed by atoms with van der Waals surface area (Å²) in [4.78, 5) is 7.10. The molecule has 21 heavy (non-hydrogen) atoms. The molecule has 0 amide bonds. The third-order valence-corrected chi connectivity index (χ3v) is 5.79. The number of aromatic nitrogens is 1. The Labute approximate surface area is 128 Å². The number of ether oxygens (including phenoxy) is 2. The highest BCUT2D eigenvalue weighted by Crippen LogP contribution is 2.39. The molecular weight excluding hydrogens is 284 g/mol. The van der Waals surface area contributed by atoms with Gasteiger partial charge in [-0.2, -0.15) is 0 Å². The molecule has 0 N–H and O–H groups in total. The molecule has 1 aliphatic heterocycles. The van der Waals surface area contributed by atoms with Gasteiger partial charge in [0.25, 0.3) is 0 Å². The van der Waals surface area contributed by atoms with Gasteiger partial charge in [0.1, 0.15) is 0 Å². The molecule has 1 spiro atoms. The van der Waals surface area contributed by atoms with Gasteiger partial charge in [0.05, 0.1) is 23.4 Å². The molecule has 2 heterocycles. The van der Waals surface area contributed by atoms with Crippen molar-refractivity contribution < 1.29 is 9.47 Å². The first-order chi connectivity index (χ1) is 10.3. The summed E-state index contributed by atoms with van der Waals surface area (Å²) in [6, 6.07) is 8.87. The SMILES string of the molecule is CN(c1nc2ccccc2s1)C1CCC2(CC1)OCCO2. The summed E-state index contributed by atoms with van der Waals surface area (Å²) < 4.78 is 12.9. The van der Waals surface area contributed by atoms with E-state index in [9.17, 15) is 0 Å². The molecule has 1 aliphatic carbocycles. The van der Waals surface area contributed by atoms with Gasteiger partial charge in [-0.15, -0.1) is 0 Å². The quantitative estimate of drug-likeness (QED) is 0.851. The zero-order valence-electron chi connectivity index (χ0n) is 12.2. The minimum atomic E-state index is -0.273. The first-order valence-electron chi connectivity index (χ1n) is 7.62. The van der Waals surface area contributed by atoms with Crippen LogP contribution in [-0.2, 0) is 9.47 Å². The number of hydrogen-bond acceptors (Lipinski definition) is 5. The molecule has 1 aromatic heterocycles. The Morgan fingerprint density at radius 2 is 1.90 bits per heavy atom. The minimum absolute atomic E-state index is 0.273. The van der Waals surface area contributed by atoms with Crippen LogP contribution in [0.25, 0.3) is 10.2 Å². The van der Waals surface area contributed by atoms with Crippen LogP contribution >= 0.6 is 11.3 Å². The molecule has 1 aromatic carbocycles. The van der Waals surface area contributed by atoms with Crippen molar-refractivity contribution in [3.63, 3.8) is 0 Å². The number of hydrogen-bond donors (Lipinski definition) is 0. The van der Waals surface area contributed by atoms with Gasteiger partial charge in [0.15, 0.2) is 10.9 Å². The third kappa shape index (κ3) is 2.43. The highest BCUT2D eigenvalue weighted by molar-refractivity contribution is 7.22. The zero-order chi connectivity index (χ0) is 14.3. The van der Waals surface area contributed by atoms with Crippen LogP contribution in [0.4, 0.5) is 5.13 Å². The molecule has 112 valence electrons. The van der Waals surface area contributed by atoms with Gasteiger partial charge in [-0.3, -0.25) is 0 Å². The van der Waals surface area contributed by atoms with Gasteiger partial charge in [0, 0.05) is 25.9 Å². The lowest BCUT2D eigenvalue weighted by Crippen LogP contribution is -2.42. The topological polar surface area (TPSA) is 34.6 Å². The van der Waals surface area contributed by atoms with Crippen LogP contribution in [0.15, 0.2) is 24.3 Å². The number of para-hydroxylation sites is 1. The Morgan fingerprint density at radius 1 is 1.19 bits per heavy atom. The predicted molar refractivity (Wildman–Crippen MR) is 84.9 cm³/mol. The highest BCUT2D eigenvalue weighted by atomic mass is 32.1. The molecule has 0 unspecified atom stereocenters. The molecule has 1 saturated carbocycles. The molecule has 5 heteroatoms. The summed E-state index contributed by atoms with van der Waals surface area (Å²) in [6.07, 6.45) is 4.19. The van der Waals surface area contributed by atoms with E-state index in [2.05, 4.69) is 30.1 Å². The molecule has 1 saturated heterocycles. The summed E-state index contributed by atoms with van der Waals surface area (Å²) in [5.41, 5.74) is 1.10. The number of fused-ring (bicyclic) bond motifs is 1. The predicted octanol–water partition coefficient (Wildman–Crippen LogP) is 3.42. The van der Waals surface area contributed by atoms with Gasteiger partial charge in [-0.1, -0.05) is 23.5 Å². The summed E-state index contributed by atoms with van der Waals surface area (Å²) in [5, 5.41) is 1.12. The third-order valence-electron chi connectivity index (χ3n) is 4.66. The van der Waals surface area contributed by atoms with E-state index in [-0.39, 0.29) is 5.79 Å². The Kier molecular flexibility index (Phi) is 3.36. The van der Waals surface area contributed by atoms with Crippen molar-refractivity contribution in [3.05, 3.63) is 24.3 Å². The number of anilines is 1. The van der Waals surface area contributed by atoms with Crippen molar-refractivity contribution in [2.45, 2.75) is 37.5 Å². The molecule has 2 aromatic rings. The Hall–Kier alpha value is -1.17. The second-order valence-electron chi connectivity index (χ2n) is 5.91. The van der Waals surface area contributed by atoms with Crippen LogP contribution in [0.3, 0.4) is 0 Å². The van der Waals surface area contributed by atoms with Gasteiger partial charge in [-0.25, -0.2) is 4.98 Å². The van der Waals surface area contributed by atoms with E-state index in [0.29, 0.717) is 6.04 Å². The Bertz CT molecular complexity index is 593. The maximum Gasteiger partial charge on any atom is 0.186 e. The van der Waals surface area contributed by atoms with Crippen LogP contribution in [0.5, 0.6) is 0 Å². The fraction of sp³-hybridized carbons (Fsp3) is 0.562. The summed E-state index contributed by atoms with van der Waals surface area (Å²) in [6.45, 7) is 1.50. The smallest absolute Gasteiger partial charge is 0.186 e. The second kappa shape index (κ2) is 5.23. The lowest BCUT2D eigenvalue weighted by Gasteiger charge is -2.38. The van der Waals surface area contributed by atoms with Crippen LogP contribution < -0.4 is 4.90 Å². The number of benzene rings is 1. The summed E-state index contributed by atoms with van der Waals surface area (Å²) in [5.74, 6) is -0.273. The molecule has 2 aliphatic rings. The van der Waals surface area contributed by atoms with Crippen LogP contribution in [0.2, 0.25) is 0 Å². The lowest BCUT2D eigenvalue weighted by atomic mass is 9.89. The molecule has 0 bridgehead atoms. The normalized spacial score (nSPS) is 22.1. The van der Waals surface area contributed by atoms with E-state index in [0.717, 1.165) is 49.5 Å². The second-order valence-corrected chi connectivity index (χ2v) is 6.92. The standard InChI is InChI=1S/C16H20N2O2S/c1-18(15-17-13-4-2-3-5-14(13)21-15)12-6-8-16(9-7-12)19-10-11-20-16/h2-5,12H,6-11H2,1H3. The maximum atomic E-state index is 5.81. The minimum Gasteiger partial charge on any atom is -0.348 e. The molecule has 4 rings (SSSR count). The van der Waals surface area contributed by atoms with E-state index in [1.807, 2.05) is 6.07 Å². The largest absolute Gasteiger partial charge is 0.348 e. The highest BCUT2D eigenvalue weighted by Gasteiger charge is 2.41. The summed E-state index contributed by atoms with van der Waals surface area (Å²) >= 11 is 1.78.